The van der Waals surface area contributed by atoms with Gasteiger partial charge in [0.05, 0.1) is 11.4 Å². The van der Waals surface area contributed by atoms with Gasteiger partial charge < -0.3 is 0 Å². The summed E-state index contributed by atoms with van der Waals surface area (Å²) in [5, 5.41) is 2.40. The Morgan fingerprint density at radius 3 is 1.21 bits per heavy atom. The Morgan fingerprint density at radius 1 is 0.310 bits per heavy atom. The summed E-state index contributed by atoms with van der Waals surface area (Å²) >= 11 is 0. The van der Waals surface area contributed by atoms with E-state index in [2.05, 4.69) is 164 Å². The molecule has 0 bridgehead atoms. The van der Waals surface area contributed by atoms with Gasteiger partial charge in [0.25, 0.3) is 0 Å². The van der Waals surface area contributed by atoms with Gasteiger partial charge in [-0.1, -0.05) is 182 Å². The molecular formula is C54H38N4. The summed E-state index contributed by atoms with van der Waals surface area (Å²) < 4.78 is 0. The van der Waals surface area contributed by atoms with Crippen LogP contribution < -0.4 is 0 Å². The Hall–Kier alpha value is -7.56. The summed E-state index contributed by atoms with van der Waals surface area (Å²) in [4.78, 5) is 19.8. The topological polar surface area (TPSA) is 51.6 Å². The lowest BCUT2D eigenvalue weighted by atomic mass is 9.95. The second-order valence-electron chi connectivity index (χ2n) is 14.6. The van der Waals surface area contributed by atoms with Crippen molar-refractivity contribution in [3.05, 3.63) is 212 Å². The molecule has 4 heteroatoms. The fraction of sp³-hybridized carbons (Fsp3) is 0.0370. The number of rotatable bonds is 8. The SMILES string of the molecule is C1=CCCC(c2nc(-c3ccccc3)nc(-c3ccc(-c4ccc5cc(-c6ccc(-c7cc(-c8ccccc8)nc(-c8ccccc8)c7)cc6)ccc5c4)cc3)n2)=C1. The maximum Gasteiger partial charge on any atom is 0.164 e. The average Bonchev–Trinajstić information content (AvgIpc) is 3.32. The molecule has 58 heavy (non-hydrogen) atoms. The molecular weight excluding hydrogens is 705 g/mol. The highest BCUT2D eigenvalue weighted by molar-refractivity contribution is 5.91. The third kappa shape index (κ3) is 7.27. The molecule has 0 N–H and O–H groups in total. The molecule has 0 amide bonds. The number of allylic oxidation sites excluding steroid dienone is 4. The fourth-order valence-electron chi connectivity index (χ4n) is 7.64. The lowest BCUT2D eigenvalue weighted by Gasteiger charge is -2.12. The van der Waals surface area contributed by atoms with Crippen molar-refractivity contribution in [1.82, 2.24) is 19.9 Å². The Bertz CT molecular complexity index is 2890. The summed E-state index contributed by atoms with van der Waals surface area (Å²) in [6, 6.07) is 66.2. The van der Waals surface area contributed by atoms with Crippen molar-refractivity contribution in [1.29, 1.82) is 0 Å². The van der Waals surface area contributed by atoms with Crippen molar-refractivity contribution >= 4 is 16.3 Å². The summed E-state index contributed by atoms with van der Waals surface area (Å²) in [6.45, 7) is 0. The molecule has 0 spiro atoms. The number of fused-ring (bicyclic) bond motifs is 1. The van der Waals surface area contributed by atoms with Gasteiger partial charge in [-0.3, -0.25) is 0 Å². The third-order valence-corrected chi connectivity index (χ3v) is 10.8. The molecule has 1 aliphatic carbocycles. The first-order chi connectivity index (χ1) is 28.7. The van der Waals surface area contributed by atoms with E-state index < -0.39 is 0 Å². The second-order valence-corrected chi connectivity index (χ2v) is 14.6. The van der Waals surface area contributed by atoms with Crippen molar-refractivity contribution in [2.45, 2.75) is 12.8 Å². The third-order valence-electron chi connectivity index (χ3n) is 10.8. The molecule has 0 atom stereocenters. The number of aromatic nitrogens is 4. The lowest BCUT2D eigenvalue weighted by Crippen LogP contribution is -2.03. The Kier molecular flexibility index (Phi) is 9.34. The van der Waals surface area contributed by atoms with E-state index in [9.17, 15) is 0 Å². The van der Waals surface area contributed by atoms with E-state index in [0.717, 1.165) is 74.6 Å². The molecule has 7 aromatic carbocycles. The molecule has 9 aromatic rings. The van der Waals surface area contributed by atoms with Gasteiger partial charge in [0.2, 0.25) is 0 Å². The van der Waals surface area contributed by atoms with Crippen LogP contribution in [-0.4, -0.2) is 19.9 Å². The second kappa shape index (κ2) is 15.5. The average molecular weight is 743 g/mol. The van der Waals surface area contributed by atoms with Gasteiger partial charge >= 0.3 is 0 Å². The first-order valence-corrected chi connectivity index (χ1v) is 19.8. The van der Waals surface area contributed by atoms with Crippen LogP contribution in [0.1, 0.15) is 18.7 Å². The molecule has 0 saturated heterocycles. The number of hydrogen-bond donors (Lipinski definition) is 0. The maximum atomic E-state index is 5.05. The Balaban J connectivity index is 0.911. The van der Waals surface area contributed by atoms with E-state index in [4.69, 9.17) is 19.9 Å². The van der Waals surface area contributed by atoms with Crippen LogP contribution in [0, 0.1) is 0 Å². The van der Waals surface area contributed by atoms with Gasteiger partial charge in [-0.15, -0.1) is 0 Å². The zero-order valence-corrected chi connectivity index (χ0v) is 31.8. The molecule has 274 valence electrons. The van der Waals surface area contributed by atoms with Crippen molar-refractivity contribution in [2.24, 2.45) is 0 Å². The minimum absolute atomic E-state index is 0.680. The van der Waals surface area contributed by atoms with E-state index in [0.29, 0.717) is 11.6 Å². The normalized spacial score (nSPS) is 12.4. The zero-order chi connectivity index (χ0) is 38.7. The van der Waals surface area contributed by atoms with Crippen LogP contribution in [0.15, 0.2) is 206 Å². The summed E-state index contributed by atoms with van der Waals surface area (Å²) in [5.41, 5.74) is 14.2. The minimum atomic E-state index is 0.680. The Labute approximate surface area is 338 Å². The molecule has 0 fully saturated rings. The van der Waals surface area contributed by atoms with Crippen LogP contribution >= 0.6 is 0 Å². The quantitative estimate of drug-likeness (QED) is 0.156. The molecule has 4 nitrogen and oxygen atoms in total. The van der Waals surface area contributed by atoms with Gasteiger partial charge in [-0.05, 0) is 86.8 Å². The number of nitrogens with zero attached hydrogens (tertiary/aromatic N) is 4. The molecule has 0 unspecified atom stereocenters. The number of pyridine rings is 1. The van der Waals surface area contributed by atoms with Gasteiger partial charge in [-0.2, -0.15) is 0 Å². The van der Waals surface area contributed by atoms with E-state index in [1.807, 2.05) is 42.5 Å². The molecule has 2 heterocycles. The number of benzene rings is 7. The standard InChI is InChI=1S/C54H38N4/c1-5-13-40(14-6-1)50-35-49(36-51(55-50)41-15-7-2-8-16-41)39-23-21-37(22-24-39)45-29-31-48-34-46(30-32-47(48)33-45)38-25-27-44(28-26-38)54-57-52(42-17-9-3-10-18-42)56-53(58-54)43-19-11-4-12-20-43/h1-11,13-19,21-36H,12,20H2. The van der Waals surface area contributed by atoms with Crippen molar-refractivity contribution in [3.63, 3.8) is 0 Å². The zero-order valence-electron chi connectivity index (χ0n) is 31.8. The first-order valence-electron chi connectivity index (χ1n) is 19.8. The van der Waals surface area contributed by atoms with Crippen LogP contribution in [0.4, 0.5) is 0 Å². The molecule has 10 rings (SSSR count). The lowest BCUT2D eigenvalue weighted by molar-refractivity contribution is 0.978. The maximum absolute atomic E-state index is 5.05. The van der Waals surface area contributed by atoms with Gasteiger partial charge in [0, 0.05) is 22.3 Å². The van der Waals surface area contributed by atoms with Crippen LogP contribution in [0.25, 0.3) is 95.0 Å². The first kappa shape index (κ1) is 34.9. The van der Waals surface area contributed by atoms with Crippen molar-refractivity contribution < 1.29 is 0 Å². The monoisotopic (exact) mass is 742 g/mol. The van der Waals surface area contributed by atoms with E-state index in [1.165, 1.54) is 27.5 Å². The summed E-state index contributed by atoms with van der Waals surface area (Å²) in [6.07, 6.45) is 8.29. The predicted molar refractivity (Wildman–Crippen MR) is 240 cm³/mol. The van der Waals surface area contributed by atoms with Crippen molar-refractivity contribution in [3.8, 4) is 78.7 Å². The Morgan fingerprint density at radius 2 is 0.724 bits per heavy atom. The molecule has 2 aromatic heterocycles. The largest absolute Gasteiger partial charge is 0.248 e. The molecule has 0 radical (unpaired) electrons. The van der Waals surface area contributed by atoms with Crippen molar-refractivity contribution in [2.75, 3.05) is 0 Å². The van der Waals surface area contributed by atoms with Crippen LogP contribution in [0.2, 0.25) is 0 Å². The molecule has 0 aliphatic heterocycles. The van der Waals surface area contributed by atoms with Crippen LogP contribution in [0.5, 0.6) is 0 Å². The minimum Gasteiger partial charge on any atom is -0.248 e. The fourth-order valence-corrected chi connectivity index (χ4v) is 7.64. The van der Waals surface area contributed by atoms with Gasteiger partial charge in [0.1, 0.15) is 0 Å². The van der Waals surface area contributed by atoms with Gasteiger partial charge in [0.15, 0.2) is 17.5 Å². The molecule has 1 aliphatic rings. The highest BCUT2D eigenvalue weighted by atomic mass is 15.0. The van der Waals surface area contributed by atoms with E-state index in [1.54, 1.807) is 0 Å². The predicted octanol–water partition coefficient (Wildman–Crippen LogP) is 13.8. The van der Waals surface area contributed by atoms with Gasteiger partial charge in [-0.25, -0.2) is 19.9 Å². The summed E-state index contributed by atoms with van der Waals surface area (Å²) in [7, 11) is 0. The smallest absolute Gasteiger partial charge is 0.164 e. The van der Waals surface area contributed by atoms with Crippen LogP contribution in [-0.2, 0) is 0 Å². The number of hydrogen-bond acceptors (Lipinski definition) is 4. The van der Waals surface area contributed by atoms with E-state index >= 15 is 0 Å². The summed E-state index contributed by atoms with van der Waals surface area (Å²) in [5.74, 6) is 2.11. The molecule has 0 saturated carbocycles. The highest BCUT2D eigenvalue weighted by Crippen LogP contribution is 2.34. The highest BCUT2D eigenvalue weighted by Gasteiger charge is 2.15. The van der Waals surface area contributed by atoms with Crippen LogP contribution in [0.3, 0.4) is 0 Å². The van der Waals surface area contributed by atoms with E-state index in [-0.39, 0.29) is 0 Å².